The number of hydrogen-bond donors (Lipinski definition) is 1. The number of methoxy groups -OCH3 is 1. The third kappa shape index (κ3) is 6.65. The normalized spacial score (nSPS) is 11.3. The molecule has 0 spiro atoms. The number of thiophene rings is 1. The first-order valence-corrected chi connectivity index (χ1v) is 12.3. The lowest BCUT2D eigenvalue weighted by Crippen LogP contribution is -2.35. The molecule has 0 saturated heterocycles. The van der Waals surface area contributed by atoms with Crippen molar-refractivity contribution >= 4 is 33.0 Å². The van der Waals surface area contributed by atoms with E-state index in [4.69, 9.17) is 4.74 Å². The summed E-state index contributed by atoms with van der Waals surface area (Å²) < 4.78 is 32.7. The fourth-order valence-electron chi connectivity index (χ4n) is 3.12. The summed E-state index contributed by atoms with van der Waals surface area (Å²) in [5.74, 6) is -0.0993. The molecule has 6 nitrogen and oxygen atoms in total. The van der Waals surface area contributed by atoms with E-state index in [-0.39, 0.29) is 10.1 Å². The summed E-state index contributed by atoms with van der Waals surface area (Å²) in [5, 5.41) is 1.71. The molecule has 0 aliphatic rings. The number of carbonyl (C=O) groups excluding carboxylic acids is 1. The SMILES string of the molecule is COCCN(CCCc1ccccc1)C(=O)c1ccc(NS(=O)(=O)c2cccs2)cc1. The van der Waals surface area contributed by atoms with Crippen molar-refractivity contribution in [3.8, 4) is 0 Å². The lowest BCUT2D eigenvalue weighted by molar-refractivity contribution is 0.0693. The Hall–Kier alpha value is -2.68. The van der Waals surface area contributed by atoms with Gasteiger partial charge in [0, 0.05) is 31.5 Å². The molecule has 2 aromatic carbocycles. The monoisotopic (exact) mass is 458 g/mol. The third-order valence-electron chi connectivity index (χ3n) is 4.73. The van der Waals surface area contributed by atoms with Crippen molar-refractivity contribution in [2.45, 2.75) is 17.1 Å². The molecular weight excluding hydrogens is 432 g/mol. The summed E-state index contributed by atoms with van der Waals surface area (Å²) in [6, 6.07) is 19.9. The molecule has 0 aliphatic heterocycles. The number of aryl methyl sites for hydroxylation is 1. The first-order valence-electron chi connectivity index (χ1n) is 9.98. The quantitative estimate of drug-likeness (QED) is 0.466. The van der Waals surface area contributed by atoms with Crippen LogP contribution in [-0.4, -0.2) is 46.0 Å². The number of anilines is 1. The minimum absolute atomic E-state index is 0.0993. The number of hydrogen-bond acceptors (Lipinski definition) is 5. The first kappa shape index (κ1) is 23.0. The van der Waals surface area contributed by atoms with Crippen LogP contribution in [0.3, 0.4) is 0 Å². The molecular formula is C23H26N2O4S2. The van der Waals surface area contributed by atoms with Crippen molar-refractivity contribution in [1.82, 2.24) is 4.90 Å². The minimum Gasteiger partial charge on any atom is -0.383 e. The molecule has 3 aromatic rings. The second-order valence-corrected chi connectivity index (χ2v) is 9.85. The number of rotatable bonds is 11. The van der Waals surface area contributed by atoms with E-state index >= 15 is 0 Å². The largest absolute Gasteiger partial charge is 0.383 e. The van der Waals surface area contributed by atoms with Crippen LogP contribution in [0.2, 0.25) is 0 Å². The van der Waals surface area contributed by atoms with Crippen LogP contribution in [-0.2, 0) is 21.2 Å². The molecule has 0 aliphatic carbocycles. The molecule has 3 rings (SSSR count). The Morgan fingerprint density at radius 3 is 2.39 bits per heavy atom. The van der Waals surface area contributed by atoms with Crippen LogP contribution < -0.4 is 4.72 Å². The summed E-state index contributed by atoms with van der Waals surface area (Å²) in [5.41, 5.74) is 2.16. The predicted octanol–water partition coefficient (Wildman–Crippen LogP) is 4.27. The molecule has 0 saturated carbocycles. The number of ether oxygens (including phenoxy) is 1. The smallest absolute Gasteiger partial charge is 0.271 e. The number of sulfonamides is 1. The highest BCUT2D eigenvalue weighted by molar-refractivity contribution is 7.94. The van der Waals surface area contributed by atoms with E-state index in [1.807, 2.05) is 18.2 Å². The van der Waals surface area contributed by atoms with Gasteiger partial charge in [0.25, 0.3) is 15.9 Å². The molecule has 0 atom stereocenters. The number of amides is 1. The Morgan fingerprint density at radius 2 is 1.74 bits per heavy atom. The molecule has 1 heterocycles. The van der Waals surface area contributed by atoms with Crippen molar-refractivity contribution in [2.75, 3.05) is 31.5 Å². The van der Waals surface area contributed by atoms with Gasteiger partial charge in [0.05, 0.1) is 6.61 Å². The molecule has 31 heavy (non-hydrogen) atoms. The van der Waals surface area contributed by atoms with Crippen LogP contribution in [0.4, 0.5) is 5.69 Å². The molecule has 0 unspecified atom stereocenters. The van der Waals surface area contributed by atoms with E-state index in [9.17, 15) is 13.2 Å². The van der Waals surface area contributed by atoms with E-state index in [1.165, 1.54) is 5.56 Å². The number of nitrogens with zero attached hydrogens (tertiary/aromatic N) is 1. The Balaban J connectivity index is 1.63. The summed E-state index contributed by atoms with van der Waals surface area (Å²) >= 11 is 1.15. The maximum Gasteiger partial charge on any atom is 0.271 e. The predicted molar refractivity (Wildman–Crippen MR) is 124 cm³/mol. The maximum absolute atomic E-state index is 13.0. The van der Waals surface area contributed by atoms with Crippen LogP contribution in [0.5, 0.6) is 0 Å². The highest BCUT2D eigenvalue weighted by Crippen LogP contribution is 2.21. The van der Waals surface area contributed by atoms with Crippen molar-refractivity contribution in [3.05, 3.63) is 83.2 Å². The average molecular weight is 459 g/mol. The van der Waals surface area contributed by atoms with Gasteiger partial charge >= 0.3 is 0 Å². The van der Waals surface area contributed by atoms with Crippen LogP contribution in [0, 0.1) is 0 Å². The zero-order valence-corrected chi connectivity index (χ0v) is 19.0. The molecule has 1 amide bonds. The first-order chi connectivity index (χ1) is 15.0. The second-order valence-electron chi connectivity index (χ2n) is 6.99. The molecule has 164 valence electrons. The Morgan fingerprint density at radius 1 is 1.00 bits per heavy atom. The zero-order valence-electron chi connectivity index (χ0n) is 17.4. The van der Waals surface area contributed by atoms with Crippen molar-refractivity contribution in [1.29, 1.82) is 0 Å². The summed E-state index contributed by atoms with van der Waals surface area (Å²) in [7, 11) is -2.00. The van der Waals surface area contributed by atoms with Gasteiger partial charge in [-0.2, -0.15) is 0 Å². The van der Waals surface area contributed by atoms with Gasteiger partial charge in [-0.05, 0) is 54.1 Å². The molecule has 0 fully saturated rings. The van der Waals surface area contributed by atoms with Crippen LogP contribution in [0.25, 0.3) is 0 Å². The highest BCUT2D eigenvalue weighted by atomic mass is 32.2. The fourth-order valence-corrected chi connectivity index (χ4v) is 5.17. The Kier molecular flexibility index (Phi) is 8.22. The van der Waals surface area contributed by atoms with Gasteiger partial charge in [0.1, 0.15) is 4.21 Å². The van der Waals surface area contributed by atoms with Gasteiger partial charge < -0.3 is 9.64 Å². The van der Waals surface area contributed by atoms with Crippen molar-refractivity contribution < 1.29 is 17.9 Å². The van der Waals surface area contributed by atoms with Gasteiger partial charge in [-0.3, -0.25) is 9.52 Å². The standard InChI is InChI=1S/C23H26N2O4S2/c1-29-17-16-25(15-5-9-19-7-3-2-4-8-19)23(26)20-11-13-21(14-12-20)24-31(27,28)22-10-6-18-30-22/h2-4,6-8,10-14,18,24H,5,9,15-17H2,1H3. The van der Waals surface area contributed by atoms with Gasteiger partial charge in [0.15, 0.2) is 0 Å². The molecule has 8 heteroatoms. The van der Waals surface area contributed by atoms with E-state index in [2.05, 4.69) is 16.9 Å². The summed E-state index contributed by atoms with van der Waals surface area (Å²) in [6.07, 6.45) is 1.74. The van der Waals surface area contributed by atoms with Crippen LogP contribution in [0.1, 0.15) is 22.3 Å². The van der Waals surface area contributed by atoms with Crippen molar-refractivity contribution in [2.24, 2.45) is 0 Å². The van der Waals surface area contributed by atoms with E-state index in [1.54, 1.807) is 53.8 Å². The molecule has 1 aromatic heterocycles. The van der Waals surface area contributed by atoms with E-state index in [0.717, 1.165) is 24.2 Å². The fraction of sp³-hybridized carbons (Fsp3) is 0.261. The number of benzene rings is 2. The number of carbonyl (C=O) groups is 1. The second kappa shape index (κ2) is 11.1. The number of nitrogens with one attached hydrogen (secondary N) is 1. The minimum atomic E-state index is -3.61. The zero-order chi connectivity index (χ0) is 22.1. The van der Waals surface area contributed by atoms with Crippen LogP contribution in [0.15, 0.2) is 76.3 Å². The lowest BCUT2D eigenvalue weighted by atomic mass is 10.1. The third-order valence-corrected chi connectivity index (χ3v) is 7.51. The van der Waals surface area contributed by atoms with E-state index < -0.39 is 10.0 Å². The van der Waals surface area contributed by atoms with Gasteiger partial charge in [0.2, 0.25) is 0 Å². The Labute approximate surface area is 187 Å². The highest BCUT2D eigenvalue weighted by Gasteiger charge is 2.18. The maximum atomic E-state index is 13.0. The lowest BCUT2D eigenvalue weighted by Gasteiger charge is -2.22. The van der Waals surface area contributed by atoms with Gasteiger partial charge in [-0.1, -0.05) is 36.4 Å². The summed E-state index contributed by atoms with van der Waals surface area (Å²) in [6.45, 7) is 1.57. The topological polar surface area (TPSA) is 75.7 Å². The Bertz CT molecular complexity index is 1050. The molecule has 0 bridgehead atoms. The molecule has 1 N–H and O–H groups in total. The molecule has 0 radical (unpaired) electrons. The average Bonchev–Trinajstić information content (AvgIpc) is 3.33. The van der Waals surface area contributed by atoms with E-state index in [0.29, 0.717) is 30.9 Å². The van der Waals surface area contributed by atoms with Gasteiger partial charge in [-0.25, -0.2) is 8.42 Å². The summed E-state index contributed by atoms with van der Waals surface area (Å²) in [4.78, 5) is 14.8. The van der Waals surface area contributed by atoms with Crippen LogP contribution >= 0.6 is 11.3 Å². The van der Waals surface area contributed by atoms with Crippen molar-refractivity contribution in [3.63, 3.8) is 0 Å². The van der Waals surface area contributed by atoms with Gasteiger partial charge in [-0.15, -0.1) is 11.3 Å².